The Morgan fingerprint density at radius 3 is 2.49 bits per heavy atom. The first-order chi connectivity index (χ1) is 19.0. The van der Waals surface area contributed by atoms with Gasteiger partial charge in [-0.2, -0.15) is 0 Å². The van der Waals surface area contributed by atoms with Crippen LogP contribution in [-0.2, 0) is 9.47 Å². The summed E-state index contributed by atoms with van der Waals surface area (Å²) in [6, 6.07) is 15.0. The summed E-state index contributed by atoms with van der Waals surface area (Å²) in [5, 5.41) is 2.83. The van der Waals surface area contributed by atoms with Gasteiger partial charge in [0.25, 0.3) is 0 Å². The van der Waals surface area contributed by atoms with Crippen molar-refractivity contribution in [2.75, 3.05) is 23.4 Å². The van der Waals surface area contributed by atoms with Crippen LogP contribution in [0.5, 0.6) is 5.75 Å². The maximum atomic E-state index is 12.1. The van der Waals surface area contributed by atoms with Gasteiger partial charge in [0.1, 0.15) is 18.1 Å². The molecular formula is C31H37N3O5. The molecule has 1 amide bonds. The third kappa shape index (κ3) is 5.35. The zero-order valence-electron chi connectivity index (χ0n) is 22.9. The minimum atomic E-state index is -0.452. The van der Waals surface area contributed by atoms with E-state index in [1.54, 1.807) is 6.26 Å². The summed E-state index contributed by atoms with van der Waals surface area (Å²) in [7, 11) is 0. The molecule has 0 spiro atoms. The van der Waals surface area contributed by atoms with Crippen LogP contribution >= 0.6 is 0 Å². The van der Waals surface area contributed by atoms with Gasteiger partial charge >= 0.3 is 6.09 Å². The Morgan fingerprint density at radius 1 is 1.08 bits per heavy atom. The molecule has 1 aliphatic carbocycles. The summed E-state index contributed by atoms with van der Waals surface area (Å²) in [4.78, 5) is 19.5. The number of hydrogen-bond donors (Lipinski definition) is 1. The summed E-state index contributed by atoms with van der Waals surface area (Å²) in [6.45, 7) is 7.12. The standard InChI is InChI=1S/C31H37N3O5/c1-19(2)38-31(35)33-22-9-7-21(8-10-22)29-28(30-32-20(3)18-37-30)26-12-11-25(39-24-13-15-36-16-14-24)17-27(26)34(29)23-5-4-6-23/h7-12,17-19,23-24,28-29H,4-6,13-16H2,1-3H3,(H,33,35). The predicted molar refractivity (Wildman–Crippen MR) is 149 cm³/mol. The lowest BCUT2D eigenvalue weighted by atomic mass is 9.86. The van der Waals surface area contributed by atoms with E-state index in [-0.39, 0.29) is 24.2 Å². The molecule has 1 saturated heterocycles. The van der Waals surface area contributed by atoms with Crippen molar-refractivity contribution in [1.82, 2.24) is 4.98 Å². The quantitative estimate of drug-likeness (QED) is 0.361. The van der Waals surface area contributed by atoms with E-state index in [9.17, 15) is 4.79 Å². The normalized spacial score (nSPS) is 21.5. The molecule has 3 aromatic rings. The zero-order valence-corrected chi connectivity index (χ0v) is 22.9. The number of hydrogen-bond acceptors (Lipinski definition) is 7. The van der Waals surface area contributed by atoms with Gasteiger partial charge in [-0.25, -0.2) is 9.78 Å². The fourth-order valence-corrected chi connectivity index (χ4v) is 5.90. The summed E-state index contributed by atoms with van der Waals surface area (Å²) in [5.74, 6) is 1.56. The lowest BCUT2D eigenvalue weighted by Crippen LogP contribution is -2.41. The molecule has 206 valence electrons. The molecule has 2 aliphatic heterocycles. The van der Waals surface area contributed by atoms with Crippen molar-refractivity contribution < 1.29 is 23.4 Å². The van der Waals surface area contributed by atoms with Crippen LogP contribution in [0.1, 0.15) is 80.6 Å². The van der Waals surface area contributed by atoms with Crippen molar-refractivity contribution in [2.24, 2.45) is 0 Å². The Bertz CT molecular complexity index is 1290. The molecule has 2 unspecified atom stereocenters. The van der Waals surface area contributed by atoms with E-state index in [2.05, 4.69) is 40.5 Å². The van der Waals surface area contributed by atoms with Crippen LogP contribution in [0.3, 0.4) is 0 Å². The van der Waals surface area contributed by atoms with Gasteiger partial charge < -0.3 is 23.5 Å². The van der Waals surface area contributed by atoms with Gasteiger partial charge in [0.15, 0.2) is 0 Å². The van der Waals surface area contributed by atoms with Crippen LogP contribution in [0, 0.1) is 6.92 Å². The van der Waals surface area contributed by atoms with E-state index in [1.165, 1.54) is 17.7 Å². The maximum Gasteiger partial charge on any atom is 0.411 e. The van der Waals surface area contributed by atoms with Gasteiger partial charge in [-0.05, 0) is 69.4 Å². The molecular weight excluding hydrogens is 494 g/mol. The second kappa shape index (κ2) is 10.9. The third-order valence-corrected chi connectivity index (χ3v) is 7.91. The second-order valence-electron chi connectivity index (χ2n) is 11.1. The fourth-order valence-electron chi connectivity index (χ4n) is 5.90. The van der Waals surface area contributed by atoms with Gasteiger partial charge in [0, 0.05) is 36.3 Å². The largest absolute Gasteiger partial charge is 0.490 e. The van der Waals surface area contributed by atoms with Crippen molar-refractivity contribution in [1.29, 1.82) is 0 Å². The van der Waals surface area contributed by atoms with Crippen LogP contribution in [0.4, 0.5) is 16.2 Å². The lowest BCUT2D eigenvalue weighted by molar-refractivity contribution is 0.0256. The van der Waals surface area contributed by atoms with E-state index in [1.807, 2.05) is 32.9 Å². The van der Waals surface area contributed by atoms with E-state index in [4.69, 9.17) is 23.6 Å². The van der Waals surface area contributed by atoms with Crippen LogP contribution in [-0.4, -0.2) is 42.5 Å². The number of ether oxygens (including phenoxy) is 3. The predicted octanol–water partition coefficient (Wildman–Crippen LogP) is 6.74. The van der Waals surface area contributed by atoms with Crippen molar-refractivity contribution in [3.8, 4) is 5.75 Å². The van der Waals surface area contributed by atoms with Gasteiger partial charge in [-0.1, -0.05) is 18.2 Å². The fraction of sp³-hybridized carbons (Fsp3) is 0.484. The van der Waals surface area contributed by atoms with Crippen LogP contribution in [0.2, 0.25) is 0 Å². The highest BCUT2D eigenvalue weighted by Crippen LogP contribution is 2.55. The zero-order chi connectivity index (χ0) is 26.9. The highest BCUT2D eigenvalue weighted by molar-refractivity contribution is 5.84. The number of rotatable bonds is 7. The smallest absolute Gasteiger partial charge is 0.411 e. The number of nitrogens with zero attached hydrogens (tertiary/aromatic N) is 2. The summed E-state index contributed by atoms with van der Waals surface area (Å²) < 4.78 is 23.2. The summed E-state index contributed by atoms with van der Waals surface area (Å²) >= 11 is 0. The molecule has 1 N–H and O–H groups in total. The highest BCUT2D eigenvalue weighted by Gasteiger charge is 2.46. The number of aromatic nitrogens is 1. The van der Waals surface area contributed by atoms with E-state index < -0.39 is 6.09 Å². The molecule has 3 heterocycles. The molecule has 2 fully saturated rings. The number of amides is 1. The molecule has 1 saturated carbocycles. The number of oxazole rings is 1. The van der Waals surface area contributed by atoms with Gasteiger partial charge in [-0.3, -0.25) is 5.32 Å². The Hall–Kier alpha value is -3.52. The van der Waals surface area contributed by atoms with E-state index in [0.717, 1.165) is 61.8 Å². The first kappa shape index (κ1) is 25.7. The highest BCUT2D eigenvalue weighted by atomic mass is 16.6. The van der Waals surface area contributed by atoms with Crippen LogP contribution in [0.25, 0.3) is 0 Å². The molecule has 2 atom stereocenters. The monoisotopic (exact) mass is 531 g/mol. The lowest BCUT2D eigenvalue weighted by Gasteiger charge is -2.42. The van der Waals surface area contributed by atoms with Crippen molar-refractivity contribution >= 4 is 17.5 Å². The number of anilines is 2. The number of aryl methyl sites for hydroxylation is 1. The average Bonchev–Trinajstić information content (AvgIpc) is 3.45. The molecule has 0 radical (unpaired) electrons. The molecule has 8 nitrogen and oxygen atoms in total. The molecule has 2 aromatic carbocycles. The molecule has 1 aromatic heterocycles. The van der Waals surface area contributed by atoms with Crippen molar-refractivity contribution in [3.05, 3.63) is 71.4 Å². The minimum absolute atomic E-state index is 0.0124. The molecule has 6 rings (SSSR count). The first-order valence-electron chi connectivity index (χ1n) is 14.1. The SMILES string of the molecule is Cc1coc(C2c3ccc(OC4CCOCC4)cc3N(C3CCC3)C2c2ccc(NC(=O)OC(C)C)cc2)n1. The number of carbonyl (C=O) groups excluding carboxylic acids is 1. The second-order valence-corrected chi connectivity index (χ2v) is 11.1. The first-order valence-corrected chi connectivity index (χ1v) is 14.1. The number of fused-ring (bicyclic) bond motifs is 1. The van der Waals surface area contributed by atoms with Gasteiger partial charge in [0.05, 0.1) is 37.0 Å². The Morgan fingerprint density at radius 2 is 1.85 bits per heavy atom. The van der Waals surface area contributed by atoms with Crippen molar-refractivity contribution in [3.63, 3.8) is 0 Å². The van der Waals surface area contributed by atoms with E-state index in [0.29, 0.717) is 11.7 Å². The number of benzene rings is 2. The molecule has 3 aliphatic rings. The van der Waals surface area contributed by atoms with Crippen molar-refractivity contribution in [2.45, 2.75) is 83.1 Å². The van der Waals surface area contributed by atoms with E-state index >= 15 is 0 Å². The molecule has 0 bridgehead atoms. The number of nitrogens with one attached hydrogen (secondary N) is 1. The number of carbonyl (C=O) groups is 1. The molecule has 8 heteroatoms. The van der Waals surface area contributed by atoms with Crippen LogP contribution in [0.15, 0.2) is 53.1 Å². The Labute approximate surface area is 229 Å². The Kier molecular flexibility index (Phi) is 7.21. The van der Waals surface area contributed by atoms with Gasteiger partial charge in [-0.15, -0.1) is 0 Å². The third-order valence-electron chi connectivity index (χ3n) is 7.91. The summed E-state index contributed by atoms with van der Waals surface area (Å²) in [5.41, 5.74) is 5.11. The topological polar surface area (TPSA) is 86.1 Å². The van der Waals surface area contributed by atoms with Crippen LogP contribution < -0.4 is 15.0 Å². The maximum absolute atomic E-state index is 12.1. The average molecular weight is 532 g/mol. The Balaban J connectivity index is 1.36. The summed E-state index contributed by atoms with van der Waals surface area (Å²) in [6.07, 6.45) is 6.63. The molecule has 39 heavy (non-hydrogen) atoms. The minimum Gasteiger partial charge on any atom is -0.490 e. The van der Waals surface area contributed by atoms with Gasteiger partial charge in [0.2, 0.25) is 5.89 Å².